The van der Waals surface area contributed by atoms with E-state index in [0.717, 1.165) is 30.7 Å². The van der Waals surface area contributed by atoms with Crippen LogP contribution in [0, 0.1) is 5.92 Å². The molecule has 0 spiro atoms. The van der Waals surface area contributed by atoms with Crippen molar-refractivity contribution in [2.45, 2.75) is 52.9 Å². The second kappa shape index (κ2) is 7.54. The SMILES string of the molecule is CC.CC1CCCCC/C(N)=C\1N(N)N. The number of rotatable bonds is 1. The number of nitrogens with zero attached hydrogens (tertiary/aromatic N) is 1. The molecule has 0 radical (unpaired) electrons. The summed E-state index contributed by atoms with van der Waals surface area (Å²) in [4.78, 5) is 0. The predicted molar refractivity (Wildman–Crippen MR) is 65.0 cm³/mol. The Bertz CT molecular complexity index is 199. The Labute approximate surface area is 93.4 Å². The van der Waals surface area contributed by atoms with Crippen molar-refractivity contribution in [3.05, 3.63) is 11.4 Å². The Morgan fingerprint density at radius 2 is 1.73 bits per heavy atom. The summed E-state index contributed by atoms with van der Waals surface area (Å²) < 4.78 is 0. The van der Waals surface area contributed by atoms with E-state index in [2.05, 4.69) is 6.92 Å². The summed E-state index contributed by atoms with van der Waals surface area (Å²) in [5.74, 6) is 11.5. The average Bonchev–Trinajstić information content (AvgIpc) is 2.17. The molecular formula is C11H26N4. The van der Waals surface area contributed by atoms with Crippen molar-refractivity contribution in [1.82, 2.24) is 5.12 Å². The molecule has 4 nitrogen and oxygen atoms in total. The molecule has 1 aliphatic rings. The van der Waals surface area contributed by atoms with Gasteiger partial charge in [0, 0.05) is 11.6 Å². The summed E-state index contributed by atoms with van der Waals surface area (Å²) in [6.45, 7) is 6.13. The zero-order valence-electron chi connectivity index (χ0n) is 10.3. The first-order chi connectivity index (χ1) is 7.13. The Morgan fingerprint density at radius 3 is 2.27 bits per heavy atom. The van der Waals surface area contributed by atoms with Crippen LogP contribution in [0.3, 0.4) is 0 Å². The molecular weight excluding hydrogens is 188 g/mol. The summed E-state index contributed by atoms with van der Waals surface area (Å²) in [5, 5.41) is 1.19. The van der Waals surface area contributed by atoms with Gasteiger partial charge in [-0.25, -0.2) is 16.8 Å². The van der Waals surface area contributed by atoms with Crippen LogP contribution in [0.1, 0.15) is 52.9 Å². The molecule has 0 amide bonds. The highest BCUT2D eigenvalue weighted by atomic mass is 15.6. The minimum atomic E-state index is 0.385. The van der Waals surface area contributed by atoms with Crippen LogP contribution >= 0.6 is 0 Å². The summed E-state index contributed by atoms with van der Waals surface area (Å²) in [6, 6.07) is 0. The van der Waals surface area contributed by atoms with Crippen molar-refractivity contribution >= 4 is 0 Å². The highest BCUT2D eigenvalue weighted by Crippen LogP contribution is 2.25. The monoisotopic (exact) mass is 214 g/mol. The third-order valence-electron chi connectivity index (χ3n) is 2.66. The van der Waals surface area contributed by atoms with Crippen molar-refractivity contribution in [3.63, 3.8) is 0 Å². The van der Waals surface area contributed by atoms with Crippen molar-refractivity contribution in [3.8, 4) is 0 Å². The molecule has 1 rings (SSSR count). The molecule has 0 aromatic rings. The topological polar surface area (TPSA) is 81.3 Å². The third-order valence-corrected chi connectivity index (χ3v) is 2.66. The third kappa shape index (κ3) is 4.53. The summed E-state index contributed by atoms with van der Waals surface area (Å²) in [6.07, 6.45) is 5.70. The van der Waals surface area contributed by atoms with Crippen LogP contribution in [0.2, 0.25) is 0 Å². The molecule has 6 N–H and O–H groups in total. The number of hydrazine groups is 2. The van der Waals surface area contributed by atoms with Crippen LogP contribution in [0.5, 0.6) is 0 Å². The van der Waals surface area contributed by atoms with E-state index in [1.807, 2.05) is 13.8 Å². The second-order valence-electron chi connectivity index (χ2n) is 3.82. The number of hydrogen-bond acceptors (Lipinski definition) is 4. The lowest BCUT2D eigenvalue weighted by Gasteiger charge is -2.26. The van der Waals surface area contributed by atoms with Crippen LogP contribution in [0.4, 0.5) is 0 Å². The standard InChI is InChI=1S/C9H20N4.C2H6/c1-7-5-3-2-4-6-8(10)9(7)13(11)12;1-2/h7H,2-6,10-12H2,1H3;1-2H3/b9-8-;. The first-order valence-electron chi connectivity index (χ1n) is 5.91. The average molecular weight is 214 g/mol. The molecule has 0 fully saturated rings. The van der Waals surface area contributed by atoms with Gasteiger partial charge in [-0.1, -0.05) is 33.6 Å². The smallest absolute Gasteiger partial charge is 0.0685 e. The van der Waals surface area contributed by atoms with Gasteiger partial charge in [0.2, 0.25) is 0 Å². The van der Waals surface area contributed by atoms with Crippen LogP contribution in [-0.4, -0.2) is 5.12 Å². The molecule has 0 aromatic carbocycles. The van der Waals surface area contributed by atoms with Gasteiger partial charge in [0.25, 0.3) is 0 Å². The summed E-state index contributed by atoms with van der Waals surface area (Å²) in [7, 11) is 0. The van der Waals surface area contributed by atoms with Crippen molar-refractivity contribution in [2.75, 3.05) is 0 Å². The Balaban J connectivity index is 0.000000921. The van der Waals surface area contributed by atoms with Crippen molar-refractivity contribution < 1.29 is 0 Å². The quantitative estimate of drug-likeness (QED) is 0.459. The molecule has 0 saturated carbocycles. The number of nitrogens with two attached hydrogens (primary N) is 3. The minimum absolute atomic E-state index is 0.385. The predicted octanol–water partition coefficient (Wildman–Crippen LogP) is 1.83. The van der Waals surface area contributed by atoms with E-state index in [1.165, 1.54) is 18.0 Å². The van der Waals surface area contributed by atoms with Crippen molar-refractivity contribution in [2.24, 2.45) is 23.3 Å². The van der Waals surface area contributed by atoms with Crippen LogP contribution in [-0.2, 0) is 0 Å². The molecule has 4 heteroatoms. The van der Waals surface area contributed by atoms with Gasteiger partial charge in [-0.05, 0) is 19.3 Å². The zero-order chi connectivity index (χ0) is 11.8. The summed E-state index contributed by atoms with van der Waals surface area (Å²) in [5.41, 5.74) is 7.69. The van der Waals surface area contributed by atoms with Gasteiger partial charge in [0.05, 0.1) is 5.70 Å². The van der Waals surface area contributed by atoms with Gasteiger partial charge >= 0.3 is 0 Å². The fraction of sp³-hybridized carbons (Fsp3) is 0.818. The van der Waals surface area contributed by atoms with E-state index in [9.17, 15) is 0 Å². The normalized spacial score (nSPS) is 27.1. The van der Waals surface area contributed by atoms with Gasteiger partial charge in [-0.2, -0.15) is 0 Å². The molecule has 0 aliphatic heterocycles. The van der Waals surface area contributed by atoms with E-state index < -0.39 is 0 Å². The fourth-order valence-electron chi connectivity index (χ4n) is 1.94. The van der Waals surface area contributed by atoms with Gasteiger partial charge in [0.15, 0.2) is 0 Å². The van der Waals surface area contributed by atoms with Crippen LogP contribution in [0.25, 0.3) is 0 Å². The molecule has 15 heavy (non-hydrogen) atoms. The lowest BCUT2D eigenvalue weighted by atomic mass is 9.93. The van der Waals surface area contributed by atoms with E-state index in [0.29, 0.717) is 5.92 Å². The number of hydrogen-bond donors (Lipinski definition) is 3. The van der Waals surface area contributed by atoms with Gasteiger partial charge < -0.3 is 5.73 Å². The maximum Gasteiger partial charge on any atom is 0.0685 e. The lowest BCUT2D eigenvalue weighted by Crippen LogP contribution is -2.41. The molecule has 0 heterocycles. The molecule has 0 aromatic heterocycles. The van der Waals surface area contributed by atoms with Gasteiger partial charge in [0.1, 0.15) is 0 Å². The first-order valence-corrected chi connectivity index (χ1v) is 5.91. The van der Waals surface area contributed by atoms with Crippen LogP contribution in [0.15, 0.2) is 11.4 Å². The van der Waals surface area contributed by atoms with E-state index in [4.69, 9.17) is 17.4 Å². The van der Waals surface area contributed by atoms with E-state index in [-0.39, 0.29) is 0 Å². The second-order valence-corrected chi connectivity index (χ2v) is 3.82. The fourth-order valence-corrected chi connectivity index (χ4v) is 1.94. The van der Waals surface area contributed by atoms with Crippen LogP contribution < -0.4 is 17.4 Å². The van der Waals surface area contributed by atoms with Gasteiger partial charge in [-0.15, -0.1) is 0 Å². The molecule has 1 unspecified atom stereocenters. The number of allylic oxidation sites excluding steroid dienone is 2. The van der Waals surface area contributed by atoms with Crippen molar-refractivity contribution in [1.29, 1.82) is 0 Å². The molecule has 90 valence electrons. The lowest BCUT2D eigenvalue weighted by molar-refractivity contribution is 0.306. The van der Waals surface area contributed by atoms with E-state index in [1.54, 1.807) is 0 Å². The molecule has 0 saturated heterocycles. The zero-order valence-corrected chi connectivity index (χ0v) is 10.3. The summed E-state index contributed by atoms with van der Waals surface area (Å²) >= 11 is 0. The first kappa shape index (κ1) is 14.3. The highest BCUT2D eigenvalue weighted by molar-refractivity contribution is 5.12. The molecule has 1 atom stereocenters. The maximum atomic E-state index is 5.92. The molecule has 1 aliphatic carbocycles. The highest BCUT2D eigenvalue weighted by Gasteiger charge is 2.17. The Morgan fingerprint density at radius 1 is 1.13 bits per heavy atom. The Hall–Kier alpha value is -0.740. The van der Waals surface area contributed by atoms with Gasteiger partial charge in [-0.3, -0.25) is 0 Å². The maximum absolute atomic E-state index is 5.92. The largest absolute Gasteiger partial charge is 0.401 e. The molecule has 0 bridgehead atoms. The Kier molecular flexibility index (Phi) is 7.17. The minimum Gasteiger partial charge on any atom is -0.401 e. The van der Waals surface area contributed by atoms with E-state index >= 15 is 0 Å².